The first-order valence-corrected chi connectivity index (χ1v) is 6.42. The third-order valence-electron chi connectivity index (χ3n) is 2.86. The number of rotatable bonds is 5. The van der Waals surface area contributed by atoms with E-state index in [1.807, 2.05) is 6.92 Å². The van der Waals surface area contributed by atoms with Gasteiger partial charge in [-0.3, -0.25) is 4.79 Å². The van der Waals surface area contributed by atoms with Crippen LogP contribution in [-0.4, -0.2) is 14.7 Å². The molecule has 0 unspecified atom stereocenters. The number of pyridine rings is 1. The zero-order valence-corrected chi connectivity index (χ0v) is 12.1. The first-order chi connectivity index (χ1) is 9.49. The summed E-state index contributed by atoms with van der Waals surface area (Å²) >= 11 is 4.80. The number of nitrogens with two attached hydrogens (primary N) is 1. The van der Waals surface area contributed by atoms with Crippen molar-refractivity contribution < 1.29 is 9.26 Å². The molecule has 0 aliphatic carbocycles. The predicted molar refractivity (Wildman–Crippen MR) is 77.8 cm³/mol. The molecule has 0 fully saturated rings. The standard InChI is InChI=1S/C13H15N3O3S/c1-8-10(9(2)19-15-8)7-18-11-4-3-5-16(13(11)17)6-12(14)20/h3-5H,6-7H2,1-2H3,(H2,14,20). The van der Waals surface area contributed by atoms with Gasteiger partial charge in [-0.1, -0.05) is 17.4 Å². The predicted octanol–water partition coefficient (Wildman–Crippen LogP) is 1.32. The molecule has 2 aromatic rings. The number of hydrogen-bond donors (Lipinski definition) is 1. The van der Waals surface area contributed by atoms with Gasteiger partial charge < -0.3 is 19.6 Å². The van der Waals surface area contributed by atoms with Gasteiger partial charge in [-0.05, 0) is 26.0 Å². The molecule has 0 bridgehead atoms. The normalized spacial score (nSPS) is 10.5. The lowest BCUT2D eigenvalue weighted by Gasteiger charge is -2.08. The van der Waals surface area contributed by atoms with Crippen LogP contribution in [0.5, 0.6) is 5.75 Å². The Morgan fingerprint density at radius 2 is 2.30 bits per heavy atom. The maximum atomic E-state index is 12.1. The Kier molecular flexibility index (Phi) is 4.19. The molecule has 0 aliphatic rings. The molecule has 7 heteroatoms. The molecule has 2 rings (SSSR count). The lowest BCUT2D eigenvalue weighted by molar-refractivity contribution is 0.295. The zero-order chi connectivity index (χ0) is 14.7. The lowest BCUT2D eigenvalue weighted by atomic mass is 10.2. The van der Waals surface area contributed by atoms with Crippen molar-refractivity contribution in [1.29, 1.82) is 0 Å². The summed E-state index contributed by atoms with van der Waals surface area (Å²) in [6.07, 6.45) is 1.62. The van der Waals surface area contributed by atoms with Gasteiger partial charge in [-0.25, -0.2) is 0 Å². The first-order valence-electron chi connectivity index (χ1n) is 6.01. The molecule has 106 valence electrons. The Labute approximate surface area is 121 Å². The van der Waals surface area contributed by atoms with Gasteiger partial charge in [0.1, 0.15) is 12.4 Å². The molecule has 0 radical (unpaired) electrons. The number of thiocarbonyl (C=S) groups is 1. The van der Waals surface area contributed by atoms with Gasteiger partial charge >= 0.3 is 0 Å². The fourth-order valence-electron chi connectivity index (χ4n) is 1.77. The van der Waals surface area contributed by atoms with Crippen LogP contribution in [0.3, 0.4) is 0 Å². The smallest absolute Gasteiger partial charge is 0.293 e. The number of aromatic nitrogens is 2. The van der Waals surface area contributed by atoms with Gasteiger partial charge in [-0.2, -0.15) is 0 Å². The van der Waals surface area contributed by atoms with Crippen LogP contribution in [-0.2, 0) is 13.2 Å². The van der Waals surface area contributed by atoms with E-state index in [0.29, 0.717) is 5.76 Å². The maximum Gasteiger partial charge on any atom is 0.293 e. The summed E-state index contributed by atoms with van der Waals surface area (Å²) < 4.78 is 12.0. The van der Waals surface area contributed by atoms with E-state index in [0.717, 1.165) is 11.3 Å². The van der Waals surface area contributed by atoms with Crippen LogP contribution in [0.1, 0.15) is 17.0 Å². The topological polar surface area (TPSA) is 83.3 Å². The summed E-state index contributed by atoms with van der Waals surface area (Å²) in [5, 5.41) is 3.84. The Balaban J connectivity index is 2.18. The third-order valence-corrected chi connectivity index (χ3v) is 2.99. The Bertz CT molecular complexity index is 671. The van der Waals surface area contributed by atoms with Gasteiger partial charge in [0.2, 0.25) is 0 Å². The van der Waals surface area contributed by atoms with E-state index in [1.54, 1.807) is 25.3 Å². The molecule has 0 spiro atoms. The number of hydrogen-bond acceptors (Lipinski definition) is 5. The van der Waals surface area contributed by atoms with Crippen molar-refractivity contribution in [2.75, 3.05) is 0 Å². The van der Waals surface area contributed by atoms with Crippen molar-refractivity contribution in [2.45, 2.75) is 27.0 Å². The largest absolute Gasteiger partial charge is 0.483 e. The van der Waals surface area contributed by atoms with Gasteiger partial charge in [0.05, 0.1) is 22.8 Å². The maximum absolute atomic E-state index is 12.1. The van der Waals surface area contributed by atoms with Gasteiger partial charge in [0.25, 0.3) is 5.56 Å². The van der Waals surface area contributed by atoms with Crippen molar-refractivity contribution in [1.82, 2.24) is 9.72 Å². The van der Waals surface area contributed by atoms with Crippen LogP contribution in [0, 0.1) is 13.8 Å². The second-order valence-electron chi connectivity index (χ2n) is 4.36. The zero-order valence-electron chi connectivity index (χ0n) is 11.3. The molecule has 2 aromatic heterocycles. The minimum atomic E-state index is -0.271. The summed E-state index contributed by atoms with van der Waals surface area (Å²) in [5.41, 5.74) is 6.77. The van der Waals surface area contributed by atoms with Crippen LogP contribution >= 0.6 is 12.2 Å². The average molecular weight is 293 g/mol. The molecule has 20 heavy (non-hydrogen) atoms. The van der Waals surface area contributed by atoms with E-state index < -0.39 is 0 Å². The molecule has 0 saturated heterocycles. The summed E-state index contributed by atoms with van der Waals surface area (Å²) in [6.45, 7) is 4.05. The Hall–Kier alpha value is -2.15. The van der Waals surface area contributed by atoms with Crippen molar-refractivity contribution in [3.63, 3.8) is 0 Å². The SMILES string of the molecule is Cc1noc(C)c1COc1cccn(CC(N)=S)c1=O. The van der Waals surface area contributed by atoms with Crippen LogP contribution < -0.4 is 16.0 Å². The Morgan fingerprint density at radius 3 is 2.90 bits per heavy atom. The molecule has 0 amide bonds. The molecule has 0 aliphatic heterocycles. The van der Waals surface area contributed by atoms with Crippen molar-refractivity contribution in [3.8, 4) is 5.75 Å². The van der Waals surface area contributed by atoms with Crippen molar-refractivity contribution in [2.24, 2.45) is 5.73 Å². The number of ether oxygens (including phenoxy) is 1. The van der Waals surface area contributed by atoms with E-state index in [1.165, 1.54) is 4.57 Å². The molecule has 6 nitrogen and oxygen atoms in total. The average Bonchev–Trinajstić information content (AvgIpc) is 2.70. The van der Waals surface area contributed by atoms with Crippen molar-refractivity contribution in [3.05, 3.63) is 45.7 Å². The first kappa shape index (κ1) is 14.3. The molecular weight excluding hydrogens is 278 g/mol. The summed E-state index contributed by atoms with van der Waals surface area (Å²) in [7, 11) is 0. The van der Waals surface area contributed by atoms with Crippen molar-refractivity contribution >= 4 is 17.2 Å². The highest BCUT2D eigenvalue weighted by atomic mass is 32.1. The van der Waals surface area contributed by atoms with E-state index in [9.17, 15) is 4.79 Å². The molecule has 0 atom stereocenters. The van der Waals surface area contributed by atoms with Gasteiger partial charge in [-0.15, -0.1) is 0 Å². The highest BCUT2D eigenvalue weighted by molar-refractivity contribution is 7.80. The molecule has 0 aromatic carbocycles. The second-order valence-corrected chi connectivity index (χ2v) is 4.89. The minimum absolute atomic E-state index is 0.191. The second kappa shape index (κ2) is 5.87. The highest BCUT2D eigenvalue weighted by Gasteiger charge is 2.11. The van der Waals surface area contributed by atoms with E-state index in [2.05, 4.69) is 5.16 Å². The quantitative estimate of drug-likeness (QED) is 0.837. The van der Waals surface area contributed by atoms with Crippen LogP contribution in [0.2, 0.25) is 0 Å². The van der Waals surface area contributed by atoms with E-state index in [-0.39, 0.29) is 29.4 Å². The minimum Gasteiger partial charge on any atom is -0.483 e. The fourth-order valence-corrected chi connectivity index (χ4v) is 1.91. The molecular formula is C13H15N3O3S. The monoisotopic (exact) mass is 293 g/mol. The summed E-state index contributed by atoms with van der Waals surface area (Å²) in [6, 6.07) is 3.32. The van der Waals surface area contributed by atoms with E-state index >= 15 is 0 Å². The number of nitrogens with zero attached hydrogens (tertiary/aromatic N) is 2. The Morgan fingerprint density at radius 1 is 1.55 bits per heavy atom. The molecule has 2 N–H and O–H groups in total. The van der Waals surface area contributed by atoms with Crippen LogP contribution in [0.4, 0.5) is 0 Å². The van der Waals surface area contributed by atoms with Gasteiger partial charge in [0, 0.05) is 6.20 Å². The summed E-state index contributed by atoms with van der Waals surface area (Å²) in [5.74, 6) is 0.922. The fraction of sp³-hybridized carbons (Fsp3) is 0.308. The van der Waals surface area contributed by atoms with E-state index in [4.69, 9.17) is 27.2 Å². The van der Waals surface area contributed by atoms with Gasteiger partial charge in [0.15, 0.2) is 5.75 Å². The number of aryl methyl sites for hydroxylation is 2. The lowest BCUT2D eigenvalue weighted by Crippen LogP contribution is -2.27. The highest BCUT2D eigenvalue weighted by Crippen LogP contribution is 2.14. The third kappa shape index (κ3) is 3.05. The molecule has 2 heterocycles. The van der Waals surface area contributed by atoms with Crippen LogP contribution in [0.25, 0.3) is 0 Å². The summed E-state index contributed by atoms with van der Waals surface area (Å²) in [4.78, 5) is 12.4. The molecule has 0 saturated carbocycles. The van der Waals surface area contributed by atoms with Crippen LogP contribution in [0.15, 0.2) is 27.6 Å².